The number of halogens is 1. The number of carbonyl (C=O) groups is 1. The number of nitrogens with one attached hydrogen (secondary N) is 2. The Labute approximate surface area is 142 Å². The largest absolute Gasteiger partial charge is 0.375 e. The Balaban J connectivity index is 1.84. The first-order valence-corrected chi connectivity index (χ1v) is 8.18. The molecule has 0 atom stereocenters. The van der Waals surface area contributed by atoms with E-state index in [2.05, 4.69) is 15.5 Å². The molecule has 0 fully saturated rings. The summed E-state index contributed by atoms with van der Waals surface area (Å²) in [4.78, 5) is 15.3. The van der Waals surface area contributed by atoms with Crippen LogP contribution < -0.4 is 10.2 Å². The van der Waals surface area contributed by atoms with E-state index in [4.69, 9.17) is 11.6 Å². The number of hydrogen-bond donors (Lipinski definition) is 2. The molecular formula is C16H15ClN4OS. The van der Waals surface area contributed by atoms with Gasteiger partial charge in [-0.2, -0.15) is 5.10 Å². The van der Waals surface area contributed by atoms with Crippen LogP contribution in [-0.2, 0) is 0 Å². The lowest BCUT2D eigenvalue weighted by Gasteiger charge is -2.19. The van der Waals surface area contributed by atoms with Crippen LogP contribution >= 0.6 is 22.9 Å². The van der Waals surface area contributed by atoms with E-state index in [0.29, 0.717) is 16.4 Å². The van der Waals surface area contributed by atoms with Gasteiger partial charge in [0.1, 0.15) is 0 Å². The normalized spacial score (nSPS) is 10.6. The van der Waals surface area contributed by atoms with Crippen molar-refractivity contribution in [1.29, 1.82) is 0 Å². The molecule has 1 amide bonds. The van der Waals surface area contributed by atoms with Crippen molar-refractivity contribution in [1.82, 2.24) is 10.2 Å². The number of H-pyrrole nitrogens is 1. The van der Waals surface area contributed by atoms with E-state index in [0.717, 1.165) is 16.3 Å². The van der Waals surface area contributed by atoms with Gasteiger partial charge in [0.2, 0.25) is 0 Å². The zero-order chi connectivity index (χ0) is 16.4. The average Bonchev–Trinajstić information content (AvgIpc) is 3.18. The maximum atomic E-state index is 12.4. The molecule has 0 saturated heterocycles. The lowest BCUT2D eigenvalue weighted by molar-refractivity contribution is 0.102. The highest BCUT2D eigenvalue weighted by Crippen LogP contribution is 2.32. The van der Waals surface area contributed by atoms with Gasteiger partial charge in [-0.1, -0.05) is 23.7 Å². The van der Waals surface area contributed by atoms with Crippen molar-refractivity contribution >= 4 is 40.2 Å². The molecule has 118 valence electrons. The van der Waals surface area contributed by atoms with Crippen molar-refractivity contribution < 1.29 is 4.79 Å². The second kappa shape index (κ2) is 6.44. The maximum absolute atomic E-state index is 12.4. The number of thiophene rings is 1. The highest BCUT2D eigenvalue weighted by molar-refractivity contribution is 7.13. The van der Waals surface area contributed by atoms with Gasteiger partial charge in [0.25, 0.3) is 5.91 Å². The van der Waals surface area contributed by atoms with Crippen molar-refractivity contribution in [2.45, 2.75) is 0 Å². The van der Waals surface area contributed by atoms with Crippen LogP contribution in [0.4, 0.5) is 11.4 Å². The number of nitrogens with zero attached hydrogens (tertiary/aromatic N) is 2. The highest BCUT2D eigenvalue weighted by atomic mass is 35.5. The molecule has 0 aliphatic rings. The second-order valence-electron chi connectivity index (χ2n) is 5.13. The zero-order valence-electron chi connectivity index (χ0n) is 12.6. The Morgan fingerprint density at radius 3 is 2.83 bits per heavy atom. The molecule has 0 radical (unpaired) electrons. The lowest BCUT2D eigenvalue weighted by Crippen LogP contribution is -2.17. The van der Waals surface area contributed by atoms with E-state index in [1.165, 1.54) is 0 Å². The molecule has 5 nitrogen and oxygen atoms in total. The quantitative estimate of drug-likeness (QED) is 0.747. The molecule has 0 aliphatic carbocycles. The first kappa shape index (κ1) is 15.6. The van der Waals surface area contributed by atoms with Crippen molar-refractivity contribution in [2.24, 2.45) is 0 Å². The number of rotatable bonds is 4. The fraction of sp³-hybridized carbons (Fsp3) is 0.125. The summed E-state index contributed by atoms with van der Waals surface area (Å²) >= 11 is 7.80. The van der Waals surface area contributed by atoms with Gasteiger partial charge in [-0.15, -0.1) is 11.3 Å². The molecule has 2 N–H and O–H groups in total. The molecule has 1 aromatic carbocycles. The summed E-state index contributed by atoms with van der Waals surface area (Å²) in [5, 5.41) is 12.4. The number of benzene rings is 1. The number of amides is 1. The Kier molecular flexibility index (Phi) is 4.36. The SMILES string of the molecule is CN(C)c1c(Cl)cccc1NC(=O)c1cc(-c2cccs2)[nH]n1. The minimum absolute atomic E-state index is 0.283. The first-order valence-electron chi connectivity index (χ1n) is 6.92. The summed E-state index contributed by atoms with van der Waals surface area (Å²) < 4.78 is 0. The lowest BCUT2D eigenvalue weighted by atomic mass is 10.2. The van der Waals surface area contributed by atoms with Gasteiger partial charge in [0.15, 0.2) is 5.69 Å². The number of para-hydroxylation sites is 1. The monoisotopic (exact) mass is 346 g/mol. The zero-order valence-corrected chi connectivity index (χ0v) is 14.2. The van der Waals surface area contributed by atoms with Gasteiger partial charge in [-0.3, -0.25) is 9.89 Å². The molecule has 23 heavy (non-hydrogen) atoms. The van der Waals surface area contributed by atoms with Crippen molar-refractivity contribution in [3.05, 3.63) is 52.5 Å². The molecule has 0 unspecified atom stereocenters. The van der Waals surface area contributed by atoms with Crippen molar-refractivity contribution in [2.75, 3.05) is 24.3 Å². The third-order valence-corrected chi connectivity index (χ3v) is 4.49. The number of aromatic nitrogens is 2. The molecule has 2 aromatic heterocycles. The Morgan fingerprint density at radius 2 is 2.13 bits per heavy atom. The summed E-state index contributed by atoms with van der Waals surface area (Å²) in [5.41, 5.74) is 2.56. The Bertz CT molecular complexity index is 826. The molecule has 2 heterocycles. The molecule has 0 saturated carbocycles. The van der Waals surface area contributed by atoms with Gasteiger partial charge >= 0.3 is 0 Å². The molecule has 0 bridgehead atoms. The predicted molar refractivity (Wildman–Crippen MR) is 95.6 cm³/mol. The summed E-state index contributed by atoms with van der Waals surface area (Å²) in [7, 11) is 3.75. The van der Waals surface area contributed by atoms with E-state index < -0.39 is 0 Å². The van der Waals surface area contributed by atoms with Gasteiger partial charge in [-0.05, 0) is 29.6 Å². The smallest absolute Gasteiger partial charge is 0.276 e. The maximum Gasteiger partial charge on any atom is 0.276 e. The van der Waals surface area contributed by atoms with Gasteiger partial charge < -0.3 is 10.2 Å². The van der Waals surface area contributed by atoms with Crippen molar-refractivity contribution in [3.63, 3.8) is 0 Å². The summed E-state index contributed by atoms with van der Waals surface area (Å²) in [6, 6.07) is 11.1. The van der Waals surface area contributed by atoms with Crippen LogP contribution in [0.25, 0.3) is 10.6 Å². The predicted octanol–water partition coefficient (Wildman–Crippen LogP) is 4.11. The van der Waals surface area contributed by atoms with Crippen LogP contribution in [-0.4, -0.2) is 30.2 Å². The Hall–Kier alpha value is -2.31. The fourth-order valence-corrected chi connectivity index (χ4v) is 3.29. The molecular weight excluding hydrogens is 332 g/mol. The van der Waals surface area contributed by atoms with E-state index in [1.54, 1.807) is 29.5 Å². The van der Waals surface area contributed by atoms with Crippen LogP contribution in [0.3, 0.4) is 0 Å². The number of aromatic amines is 1. The van der Waals surface area contributed by atoms with Crippen molar-refractivity contribution in [3.8, 4) is 10.6 Å². The second-order valence-corrected chi connectivity index (χ2v) is 6.48. The summed E-state index contributed by atoms with van der Waals surface area (Å²) in [5.74, 6) is -0.283. The van der Waals surface area contributed by atoms with E-state index in [-0.39, 0.29) is 5.91 Å². The highest BCUT2D eigenvalue weighted by Gasteiger charge is 2.16. The minimum atomic E-state index is -0.283. The van der Waals surface area contributed by atoms with E-state index in [1.807, 2.05) is 42.6 Å². The Morgan fingerprint density at radius 1 is 1.30 bits per heavy atom. The minimum Gasteiger partial charge on any atom is -0.375 e. The summed E-state index contributed by atoms with van der Waals surface area (Å²) in [6.45, 7) is 0. The van der Waals surface area contributed by atoms with Gasteiger partial charge in [-0.25, -0.2) is 0 Å². The van der Waals surface area contributed by atoms with E-state index in [9.17, 15) is 4.79 Å². The average molecular weight is 347 g/mol. The third-order valence-electron chi connectivity index (χ3n) is 3.28. The number of carbonyl (C=O) groups excluding carboxylic acids is 1. The van der Waals surface area contributed by atoms with Crippen LogP contribution in [0.15, 0.2) is 41.8 Å². The third kappa shape index (κ3) is 3.23. The fourth-order valence-electron chi connectivity index (χ4n) is 2.25. The molecule has 3 rings (SSSR count). The topological polar surface area (TPSA) is 61.0 Å². The molecule has 0 aliphatic heterocycles. The molecule has 7 heteroatoms. The standard InChI is InChI=1S/C16H15ClN4OS/c1-21(2)15-10(17)5-3-6-11(15)18-16(22)13-9-12(19-20-13)14-7-4-8-23-14/h3-9H,1-2H3,(H,18,22)(H,19,20). The number of anilines is 2. The molecule has 0 spiro atoms. The number of hydrogen-bond acceptors (Lipinski definition) is 4. The molecule has 3 aromatic rings. The van der Waals surface area contributed by atoms with Gasteiger partial charge in [0.05, 0.1) is 27.0 Å². The summed E-state index contributed by atoms with van der Waals surface area (Å²) in [6.07, 6.45) is 0. The van der Waals surface area contributed by atoms with Gasteiger partial charge in [0, 0.05) is 14.1 Å². The first-order chi connectivity index (χ1) is 11.1. The van der Waals surface area contributed by atoms with Crippen LogP contribution in [0, 0.1) is 0 Å². The van der Waals surface area contributed by atoms with E-state index >= 15 is 0 Å². The van der Waals surface area contributed by atoms with Crippen LogP contribution in [0.1, 0.15) is 10.5 Å². The van der Waals surface area contributed by atoms with Crippen LogP contribution in [0.5, 0.6) is 0 Å². The van der Waals surface area contributed by atoms with Crippen LogP contribution in [0.2, 0.25) is 5.02 Å².